The van der Waals surface area contributed by atoms with Crippen molar-refractivity contribution in [1.29, 1.82) is 0 Å². The third-order valence-electron chi connectivity index (χ3n) is 5.81. The molecular weight excluding hydrogens is 414 g/mol. The van der Waals surface area contributed by atoms with E-state index in [1.165, 1.54) is 17.0 Å². The van der Waals surface area contributed by atoms with Gasteiger partial charge in [-0.2, -0.15) is 0 Å². The van der Waals surface area contributed by atoms with Crippen LogP contribution in [0, 0.1) is 0 Å². The van der Waals surface area contributed by atoms with E-state index in [1.54, 1.807) is 25.0 Å². The Labute approximate surface area is 193 Å². The molecule has 6 heteroatoms. The van der Waals surface area contributed by atoms with Crippen LogP contribution >= 0.6 is 0 Å². The molecular formula is C27H27N3O3. The quantitative estimate of drug-likeness (QED) is 0.585. The second-order valence-electron chi connectivity index (χ2n) is 8.01. The number of nitrogens with one attached hydrogen (secondary N) is 1. The third kappa shape index (κ3) is 5.29. The van der Waals surface area contributed by atoms with Crippen molar-refractivity contribution in [2.45, 2.75) is 19.4 Å². The summed E-state index contributed by atoms with van der Waals surface area (Å²) in [5.41, 5.74) is 3.19. The molecule has 0 saturated heterocycles. The lowest BCUT2D eigenvalue weighted by molar-refractivity contribution is -0.134. The van der Waals surface area contributed by atoms with Gasteiger partial charge in [0.2, 0.25) is 11.8 Å². The fraction of sp³-hybridized carbons (Fsp3) is 0.222. The highest BCUT2D eigenvalue weighted by Gasteiger charge is 2.24. The predicted octanol–water partition coefficient (Wildman–Crippen LogP) is 4.08. The van der Waals surface area contributed by atoms with Crippen LogP contribution in [0.4, 0.5) is 0 Å². The van der Waals surface area contributed by atoms with Crippen molar-refractivity contribution in [2.75, 3.05) is 20.2 Å². The third-order valence-corrected chi connectivity index (χ3v) is 5.81. The average Bonchev–Trinajstić information content (AvgIpc) is 2.87. The SMILES string of the molecule is COc1ccc(C=CC(=O)NC(C)C(=O)N2CC=C(c3cncc4ccccc34)CC2)cc1. The molecule has 0 spiro atoms. The normalized spacial score (nSPS) is 14.7. The van der Waals surface area contributed by atoms with Crippen molar-refractivity contribution >= 4 is 34.2 Å². The van der Waals surface area contributed by atoms with E-state index < -0.39 is 6.04 Å². The van der Waals surface area contributed by atoms with Crippen molar-refractivity contribution in [3.05, 3.63) is 84.2 Å². The topological polar surface area (TPSA) is 71.5 Å². The number of hydrogen-bond acceptors (Lipinski definition) is 4. The lowest BCUT2D eigenvalue weighted by atomic mass is 9.96. The monoisotopic (exact) mass is 441 g/mol. The number of pyridine rings is 1. The van der Waals surface area contributed by atoms with Crippen molar-refractivity contribution in [1.82, 2.24) is 15.2 Å². The van der Waals surface area contributed by atoms with Crippen LogP contribution in [0.1, 0.15) is 24.5 Å². The molecule has 1 unspecified atom stereocenters. The minimum absolute atomic E-state index is 0.0902. The fourth-order valence-corrected chi connectivity index (χ4v) is 3.97. The van der Waals surface area contributed by atoms with Gasteiger partial charge in [0.15, 0.2) is 0 Å². The number of aromatic nitrogens is 1. The standard InChI is InChI=1S/C27H27N3O3/c1-19(29-26(31)12-9-20-7-10-23(33-2)11-8-20)27(32)30-15-13-21(14-16-30)25-18-28-17-22-5-3-4-6-24(22)25/h3-13,17-19H,14-16H2,1-2H3,(H,29,31). The molecule has 1 aliphatic heterocycles. The van der Waals surface area contributed by atoms with Gasteiger partial charge in [-0.3, -0.25) is 14.6 Å². The second-order valence-corrected chi connectivity index (χ2v) is 8.01. The lowest BCUT2D eigenvalue weighted by Gasteiger charge is -2.29. The Morgan fingerprint density at radius 1 is 1.12 bits per heavy atom. The van der Waals surface area contributed by atoms with Gasteiger partial charge < -0.3 is 15.0 Å². The average molecular weight is 442 g/mol. The zero-order valence-corrected chi connectivity index (χ0v) is 18.8. The van der Waals surface area contributed by atoms with E-state index in [0.717, 1.165) is 28.7 Å². The first-order valence-electron chi connectivity index (χ1n) is 11.0. The van der Waals surface area contributed by atoms with Gasteiger partial charge in [0.25, 0.3) is 0 Å². The Kier molecular flexibility index (Phi) is 6.83. The molecule has 0 radical (unpaired) electrons. The summed E-state index contributed by atoms with van der Waals surface area (Å²) in [7, 11) is 1.61. The summed E-state index contributed by atoms with van der Waals surface area (Å²) in [6.07, 6.45) is 9.74. The van der Waals surface area contributed by atoms with Gasteiger partial charge in [-0.1, -0.05) is 42.5 Å². The highest BCUT2D eigenvalue weighted by Crippen LogP contribution is 2.28. The first-order chi connectivity index (χ1) is 16.0. The molecule has 2 heterocycles. The van der Waals surface area contributed by atoms with Crippen LogP contribution in [-0.4, -0.2) is 47.9 Å². The van der Waals surface area contributed by atoms with E-state index in [-0.39, 0.29) is 11.8 Å². The largest absolute Gasteiger partial charge is 0.497 e. The van der Waals surface area contributed by atoms with Crippen LogP contribution in [-0.2, 0) is 9.59 Å². The van der Waals surface area contributed by atoms with Gasteiger partial charge in [-0.15, -0.1) is 0 Å². The number of fused-ring (bicyclic) bond motifs is 1. The Morgan fingerprint density at radius 3 is 2.64 bits per heavy atom. The number of hydrogen-bond donors (Lipinski definition) is 1. The first kappa shape index (κ1) is 22.3. The molecule has 3 aromatic rings. The number of ether oxygens (including phenoxy) is 1. The van der Waals surface area contributed by atoms with Crippen molar-refractivity contribution in [2.24, 2.45) is 0 Å². The van der Waals surface area contributed by atoms with Crippen molar-refractivity contribution in [3.63, 3.8) is 0 Å². The molecule has 6 nitrogen and oxygen atoms in total. The van der Waals surface area contributed by atoms with Gasteiger partial charge in [-0.05, 0) is 48.1 Å². The highest BCUT2D eigenvalue weighted by molar-refractivity contribution is 5.96. The summed E-state index contributed by atoms with van der Waals surface area (Å²) in [6.45, 7) is 2.84. The molecule has 1 atom stereocenters. The van der Waals surface area contributed by atoms with E-state index in [0.29, 0.717) is 13.1 Å². The van der Waals surface area contributed by atoms with E-state index in [2.05, 4.69) is 28.5 Å². The number of methoxy groups -OCH3 is 1. The maximum Gasteiger partial charge on any atom is 0.245 e. The van der Waals surface area contributed by atoms with Gasteiger partial charge in [-0.25, -0.2) is 0 Å². The Balaban J connectivity index is 1.35. The molecule has 4 rings (SSSR count). The molecule has 2 aromatic carbocycles. The maximum atomic E-state index is 12.9. The summed E-state index contributed by atoms with van der Waals surface area (Å²) in [5.74, 6) is 0.362. The predicted molar refractivity (Wildman–Crippen MR) is 131 cm³/mol. The summed E-state index contributed by atoms with van der Waals surface area (Å²) >= 11 is 0. The van der Waals surface area contributed by atoms with Crippen LogP contribution in [0.2, 0.25) is 0 Å². The Morgan fingerprint density at radius 2 is 1.91 bits per heavy atom. The molecule has 1 aliphatic rings. The fourth-order valence-electron chi connectivity index (χ4n) is 3.97. The van der Waals surface area contributed by atoms with Crippen molar-refractivity contribution in [3.8, 4) is 5.75 Å². The zero-order valence-electron chi connectivity index (χ0n) is 18.8. The van der Waals surface area contributed by atoms with Gasteiger partial charge >= 0.3 is 0 Å². The van der Waals surface area contributed by atoms with Gasteiger partial charge in [0.1, 0.15) is 11.8 Å². The minimum Gasteiger partial charge on any atom is -0.497 e. The summed E-state index contributed by atoms with van der Waals surface area (Å²) < 4.78 is 5.13. The van der Waals surface area contributed by atoms with Crippen LogP contribution in [0.3, 0.4) is 0 Å². The second kappa shape index (κ2) is 10.1. The van der Waals surface area contributed by atoms with Gasteiger partial charge in [0, 0.05) is 42.5 Å². The maximum absolute atomic E-state index is 12.9. The highest BCUT2D eigenvalue weighted by atomic mass is 16.5. The summed E-state index contributed by atoms with van der Waals surface area (Å²) in [6, 6.07) is 15.0. The van der Waals surface area contributed by atoms with Crippen LogP contribution < -0.4 is 10.1 Å². The lowest BCUT2D eigenvalue weighted by Crippen LogP contribution is -2.47. The van der Waals surface area contributed by atoms with E-state index in [4.69, 9.17) is 4.74 Å². The van der Waals surface area contributed by atoms with E-state index >= 15 is 0 Å². The molecule has 0 bridgehead atoms. The molecule has 33 heavy (non-hydrogen) atoms. The smallest absolute Gasteiger partial charge is 0.245 e. The molecule has 0 fully saturated rings. The minimum atomic E-state index is -0.604. The number of carbonyl (C=O) groups excluding carboxylic acids is 2. The number of rotatable bonds is 6. The Bertz CT molecular complexity index is 1210. The number of nitrogens with zero attached hydrogens (tertiary/aromatic N) is 2. The number of benzene rings is 2. The van der Waals surface area contributed by atoms with Crippen LogP contribution in [0.15, 0.2) is 73.1 Å². The summed E-state index contributed by atoms with van der Waals surface area (Å²) in [4.78, 5) is 31.3. The molecule has 1 aromatic heterocycles. The molecule has 0 aliphatic carbocycles. The molecule has 0 saturated carbocycles. The van der Waals surface area contributed by atoms with Crippen LogP contribution in [0.5, 0.6) is 5.75 Å². The Hall–Kier alpha value is -3.93. The van der Waals surface area contributed by atoms with Crippen molar-refractivity contribution < 1.29 is 14.3 Å². The zero-order chi connectivity index (χ0) is 23.2. The van der Waals surface area contributed by atoms with Crippen LogP contribution in [0.25, 0.3) is 22.4 Å². The number of amides is 2. The number of carbonyl (C=O) groups is 2. The molecule has 1 N–H and O–H groups in total. The van der Waals surface area contributed by atoms with E-state index in [9.17, 15) is 9.59 Å². The first-order valence-corrected chi connectivity index (χ1v) is 11.0. The van der Waals surface area contributed by atoms with E-state index in [1.807, 2.05) is 48.8 Å². The molecule has 168 valence electrons. The molecule has 2 amide bonds. The van der Waals surface area contributed by atoms with Gasteiger partial charge in [0.05, 0.1) is 7.11 Å². The summed E-state index contributed by atoms with van der Waals surface area (Å²) in [5, 5.41) is 5.04.